The van der Waals surface area contributed by atoms with E-state index in [0.717, 1.165) is 37.9 Å². The highest BCUT2D eigenvalue weighted by atomic mass is 19.4. The molecule has 0 radical (unpaired) electrons. The number of pyridine rings is 1. The van der Waals surface area contributed by atoms with Crippen molar-refractivity contribution in [3.8, 4) is 0 Å². The monoisotopic (exact) mass is 556 g/mol. The number of fused-ring (bicyclic) bond motifs is 1. The van der Waals surface area contributed by atoms with Gasteiger partial charge in [0.25, 0.3) is 5.91 Å². The van der Waals surface area contributed by atoms with E-state index in [1.165, 1.54) is 6.20 Å². The van der Waals surface area contributed by atoms with Crippen LogP contribution in [0.2, 0.25) is 0 Å². The second-order valence-corrected chi connectivity index (χ2v) is 10.2. The van der Waals surface area contributed by atoms with Crippen molar-refractivity contribution in [1.29, 1.82) is 0 Å². The van der Waals surface area contributed by atoms with Gasteiger partial charge in [-0.1, -0.05) is 31.7 Å². The number of carbonyl (C=O) groups excluding carboxylic acids is 2. The van der Waals surface area contributed by atoms with Crippen LogP contribution in [0.3, 0.4) is 0 Å². The molecule has 1 saturated carbocycles. The Morgan fingerprint density at radius 3 is 2.70 bits per heavy atom. The molecule has 3 heterocycles. The Morgan fingerprint density at radius 2 is 1.98 bits per heavy atom. The predicted molar refractivity (Wildman–Crippen MR) is 142 cm³/mol. The number of hydrogen-bond donors (Lipinski definition) is 2. The first kappa shape index (κ1) is 27.6. The third-order valence-corrected chi connectivity index (χ3v) is 7.32. The molecule has 2 aliphatic rings. The fraction of sp³-hybridized carbons (Fsp3) is 0.429. The molecule has 2 aromatic heterocycles. The molecule has 1 aromatic carbocycles. The summed E-state index contributed by atoms with van der Waals surface area (Å²) in [7, 11) is 1.75. The summed E-state index contributed by atoms with van der Waals surface area (Å²) in [5.41, 5.74) is 1.14. The number of ether oxygens (including phenoxy) is 1. The van der Waals surface area contributed by atoms with Gasteiger partial charge in [0.15, 0.2) is 0 Å². The normalized spacial score (nSPS) is 16.8. The largest absolute Gasteiger partial charge is 0.417 e. The van der Waals surface area contributed by atoms with E-state index in [4.69, 9.17) is 4.74 Å². The first-order chi connectivity index (χ1) is 19.2. The lowest BCUT2D eigenvalue weighted by atomic mass is 9.97. The molecule has 5 rings (SSSR count). The number of carbonyl (C=O) groups is 2. The van der Waals surface area contributed by atoms with E-state index in [9.17, 15) is 22.8 Å². The van der Waals surface area contributed by atoms with Crippen LogP contribution in [-0.4, -0.2) is 45.8 Å². The Bertz CT molecular complexity index is 1370. The molecule has 0 bridgehead atoms. The fourth-order valence-electron chi connectivity index (χ4n) is 5.28. The molecule has 40 heavy (non-hydrogen) atoms. The van der Waals surface area contributed by atoms with Gasteiger partial charge in [-0.2, -0.15) is 18.3 Å². The lowest BCUT2D eigenvalue weighted by Gasteiger charge is -2.25. The Labute approximate surface area is 229 Å². The van der Waals surface area contributed by atoms with Gasteiger partial charge in [-0.25, -0.2) is 0 Å². The molecular weight excluding hydrogens is 525 g/mol. The maximum atomic E-state index is 13.4. The summed E-state index contributed by atoms with van der Waals surface area (Å²) >= 11 is 0. The Morgan fingerprint density at radius 1 is 1.18 bits per heavy atom. The average molecular weight is 557 g/mol. The molecular formula is C28H31F3N6O3. The van der Waals surface area contributed by atoms with E-state index in [1.54, 1.807) is 47.1 Å². The van der Waals surface area contributed by atoms with Gasteiger partial charge in [0.2, 0.25) is 5.91 Å². The van der Waals surface area contributed by atoms with Crippen molar-refractivity contribution in [2.75, 3.05) is 23.4 Å². The summed E-state index contributed by atoms with van der Waals surface area (Å²) in [6, 6.07) is 6.91. The molecule has 2 amide bonds. The third kappa shape index (κ3) is 6.44. The van der Waals surface area contributed by atoms with Crippen molar-refractivity contribution in [2.45, 2.75) is 50.9 Å². The zero-order valence-electron chi connectivity index (χ0n) is 22.1. The lowest BCUT2D eigenvalue weighted by Crippen LogP contribution is -2.44. The molecule has 1 aliphatic carbocycles. The van der Waals surface area contributed by atoms with Gasteiger partial charge in [-0.15, -0.1) is 0 Å². The molecule has 1 atom stereocenters. The number of rotatable bonds is 7. The van der Waals surface area contributed by atoms with Crippen molar-refractivity contribution in [2.24, 2.45) is 13.0 Å². The Balaban J connectivity index is 1.38. The summed E-state index contributed by atoms with van der Waals surface area (Å²) in [6.07, 6.45) is 4.20. The van der Waals surface area contributed by atoms with E-state index in [2.05, 4.69) is 20.7 Å². The second-order valence-electron chi connectivity index (χ2n) is 10.2. The molecule has 3 aromatic rings. The van der Waals surface area contributed by atoms with Gasteiger partial charge in [0, 0.05) is 37.2 Å². The minimum Gasteiger partial charge on any atom is -0.373 e. The molecule has 1 fully saturated rings. The number of nitrogens with one attached hydrogen (secondary N) is 2. The third-order valence-electron chi connectivity index (χ3n) is 7.32. The van der Waals surface area contributed by atoms with Gasteiger partial charge >= 0.3 is 6.18 Å². The van der Waals surface area contributed by atoms with Crippen molar-refractivity contribution in [1.82, 2.24) is 20.1 Å². The number of halogens is 3. The number of alkyl halides is 3. The Hall–Kier alpha value is -3.93. The maximum absolute atomic E-state index is 13.4. The van der Waals surface area contributed by atoms with Crippen LogP contribution in [0.25, 0.3) is 0 Å². The van der Waals surface area contributed by atoms with E-state index < -0.39 is 23.7 Å². The lowest BCUT2D eigenvalue weighted by molar-refractivity contribution is -0.137. The van der Waals surface area contributed by atoms with Crippen LogP contribution < -0.4 is 15.5 Å². The number of aryl methyl sites for hydroxylation is 1. The molecule has 212 valence electrons. The zero-order valence-corrected chi connectivity index (χ0v) is 22.1. The summed E-state index contributed by atoms with van der Waals surface area (Å²) in [5, 5.41) is 9.80. The highest BCUT2D eigenvalue weighted by Crippen LogP contribution is 2.36. The fourth-order valence-corrected chi connectivity index (χ4v) is 5.28. The van der Waals surface area contributed by atoms with Crippen molar-refractivity contribution in [3.05, 3.63) is 65.7 Å². The second kappa shape index (κ2) is 11.7. The van der Waals surface area contributed by atoms with Crippen LogP contribution >= 0.6 is 0 Å². The Kier molecular flexibility index (Phi) is 8.06. The van der Waals surface area contributed by atoms with Gasteiger partial charge in [-0.05, 0) is 36.6 Å². The number of aromatic nitrogens is 3. The molecule has 12 heteroatoms. The van der Waals surface area contributed by atoms with Crippen LogP contribution in [0, 0.1) is 5.92 Å². The molecule has 1 aliphatic heterocycles. The SMILES string of the molecule is Cn1cc(NC(=O)[C@H](CC2CCCC2)NC(=O)c2cccc(N3CCOCc4ncc(C(F)(F)F)cc43)c2)cn1. The smallest absolute Gasteiger partial charge is 0.373 e. The summed E-state index contributed by atoms with van der Waals surface area (Å²) < 4.78 is 47.5. The van der Waals surface area contributed by atoms with E-state index in [-0.39, 0.29) is 36.9 Å². The number of amides is 2. The predicted octanol–water partition coefficient (Wildman–Crippen LogP) is 4.82. The van der Waals surface area contributed by atoms with Crippen LogP contribution in [0.1, 0.15) is 53.7 Å². The van der Waals surface area contributed by atoms with Crippen LogP contribution in [-0.2, 0) is 29.4 Å². The first-order valence-corrected chi connectivity index (χ1v) is 13.3. The van der Waals surface area contributed by atoms with E-state index in [1.807, 2.05) is 0 Å². The number of anilines is 3. The van der Waals surface area contributed by atoms with Crippen LogP contribution in [0.5, 0.6) is 0 Å². The minimum absolute atomic E-state index is 0.0824. The van der Waals surface area contributed by atoms with Crippen molar-refractivity contribution >= 4 is 28.9 Å². The van der Waals surface area contributed by atoms with Gasteiger partial charge < -0.3 is 20.3 Å². The summed E-state index contributed by atoms with van der Waals surface area (Å²) in [6.45, 7) is 0.629. The summed E-state index contributed by atoms with van der Waals surface area (Å²) in [5.74, 6) is -0.436. The van der Waals surface area contributed by atoms with E-state index in [0.29, 0.717) is 29.4 Å². The number of benzene rings is 1. The summed E-state index contributed by atoms with van der Waals surface area (Å²) in [4.78, 5) is 32.3. The quantitative estimate of drug-likeness (QED) is 0.433. The van der Waals surface area contributed by atoms with E-state index >= 15 is 0 Å². The van der Waals surface area contributed by atoms with Crippen molar-refractivity contribution in [3.63, 3.8) is 0 Å². The number of hydrogen-bond acceptors (Lipinski definition) is 6. The molecule has 0 unspecified atom stereocenters. The molecule has 9 nitrogen and oxygen atoms in total. The highest BCUT2D eigenvalue weighted by Gasteiger charge is 2.33. The highest BCUT2D eigenvalue weighted by molar-refractivity contribution is 6.01. The first-order valence-electron chi connectivity index (χ1n) is 13.3. The molecule has 0 saturated heterocycles. The minimum atomic E-state index is -4.55. The standard InChI is InChI=1S/C28H31F3N6O3/c1-36-16-21(15-33-36)34-27(39)23(11-18-5-2-3-6-18)35-26(38)19-7-4-8-22(12-19)37-9-10-40-17-24-25(37)13-20(14-32-24)28(29,30)31/h4,7-8,12-16,18,23H,2-3,5-6,9-11,17H2,1H3,(H,34,39)(H,35,38)/t23-/m0/s1. The maximum Gasteiger partial charge on any atom is 0.417 e. The van der Waals surface area contributed by atoms with Gasteiger partial charge in [-0.3, -0.25) is 19.3 Å². The van der Waals surface area contributed by atoms with Gasteiger partial charge in [0.1, 0.15) is 6.04 Å². The van der Waals surface area contributed by atoms with Gasteiger partial charge in [0.05, 0.1) is 42.0 Å². The van der Waals surface area contributed by atoms with Crippen LogP contribution in [0.15, 0.2) is 48.9 Å². The van der Waals surface area contributed by atoms with Crippen LogP contribution in [0.4, 0.5) is 30.2 Å². The molecule has 2 N–H and O–H groups in total. The average Bonchev–Trinajstić information content (AvgIpc) is 3.53. The topological polar surface area (TPSA) is 101 Å². The zero-order chi connectivity index (χ0) is 28.3. The number of nitrogens with zero attached hydrogens (tertiary/aromatic N) is 4. The van der Waals surface area contributed by atoms with Crippen molar-refractivity contribution < 1.29 is 27.5 Å². The molecule has 0 spiro atoms.